The Bertz CT molecular complexity index is 1420. The largest absolute Gasteiger partial charge is 0.494 e. The van der Waals surface area contributed by atoms with E-state index in [4.69, 9.17) is 16.3 Å². The zero-order chi connectivity index (χ0) is 24.4. The Morgan fingerprint density at radius 2 is 1.91 bits per heavy atom. The van der Waals surface area contributed by atoms with Gasteiger partial charge in [0.15, 0.2) is 11.6 Å². The molecule has 0 aliphatic carbocycles. The van der Waals surface area contributed by atoms with E-state index in [2.05, 4.69) is 15.5 Å². The third kappa shape index (κ3) is 4.69. The number of carbonyl (C=O) groups excluding carboxylic acids is 1. The van der Waals surface area contributed by atoms with Crippen molar-refractivity contribution in [2.24, 2.45) is 7.05 Å². The SMILES string of the molecule is COc1cc([C@H](C)NC(=O)c2cc(-c3ccc(Cl)cc3)nn(-c3cnn(C)c3)c2=O)ccc1F. The molecule has 174 valence electrons. The molecule has 8 nitrogen and oxygen atoms in total. The van der Waals surface area contributed by atoms with Gasteiger partial charge in [-0.1, -0.05) is 29.8 Å². The van der Waals surface area contributed by atoms with Gasteiger partial charge in [0.25, 0.3) is 11.5 Å². The van der Waals surface area contributed by atoms with Gasteiger partial charge >= 0.3 is 0 Å². The highest BCUT2D eigenvalue weighted by Gasteiger charge is 2.20. The molecule has 0 aliphatic rings. The summed E-state index contributed by atoms with van der Waals surface area (Å²) in [6.07, 6.45) is 3.10. The Morgan fingerprint density at radius 1 is 1.18 bits per heavy atom. The summed E-state index contributed by atoms with van der Waals surface area (Å²) in [5, 5.41) is 11.9. The zero-order valence-corrected chi connectivity index (χ0v) is 19.4. The van der Waals surface area contributed by atoms with Crippen molar-refractivity contribution in [1.29, 1.82) is 0 Å². The second-order valence-corrected chi connectivity index (χ2v) is 8.06. The van der Waals surface area contributed by atoms with E-state index in [1.807, 2.05) is 0 Å². The number of halogens is 2. The highest BCUT2D eigenvalue weighted by molar-refractivity contribution is 6.30. The number of aryl methyl sites for hydroxylation is 1. The lowest BCUT2D eigenvalue weighted by molar-refractivity contribution is 0.0937. The predicted molar refractivity (Wildman–Crippen MR) is 126 cm³/mol. The van der Waals surface area contributed by atoms with E-state index in [0.717, 1.165) is 4.68 Å². The molecule has 10 heteroatoms. The van der Waals surface area contributed by atoms with Gasteiger partial charge in [-0.25, -0.2) is 4.39 Å². The molecule has 0 saturated carbocycles. The van der Waals surface area contributed by atoms with E-state index >= 15 is 0 Å². The fraction of sp³-hybridized carbons (Fsp3) is 0.167. The first-order valence-corrected chi connectivity index (χ1v) is 10.7. The maximum Gasteiger partial charge on any atom is 0.284 e. The number of methoxy groups -OCH3 is 1. The third-order valence-corrected chi connectivity index (χ3v) is 5.51. The Labute approximate surface area is 199 Å². The molecule has 0 aliphatic heterocycles. The van der Waals surface area contributed by atoms with Crippen LogP contribution in [-0.4, -0.2) is 32.6 Å². The average Bonchev–Trinajstić information content (AvgIpc) is 3.26. The van der Waals surface area contributed by atoms with Gasteiger partial charge in [0, 0.05) is 17.6 Å². The molecule has 4 rings (SSSR count). The third-order valence-electron chi connectivity index (χ3n) is 5.25. The maximum absolute atomic E-state index is 13.8. The highest BCUT2D eigenvalue weighted by Crippen LogP contribution is 2.23. The lowest BCUT2D eigenvalue weighted by Gasteiger charge is -2.16. The van der Waals surface area contributed by atoms with Gasteiger partial charge in [-0.05, 0) is 42.8 Å². The second-order valence-electron chi connectivity index (χ2n) is 7.63. The molecule has 0 spiro atoms. The maximum atomic E-state index is 13.8. The number of ether oxygens (including phenoxy) is 1. The first-order valence-electron chi connectivity index (χ1n) is 10.3. The Hall–Kier alpha value is -3.98. The normalized spacial score (nSPS) is 11.8. The number of nitrogens with zero attached hydrogens (tertiary/aromatic N) is 4. The molecule has 34 heavy (non-hydrogen) atoms. The Balaban J connectivity index is 1.75. The van der Waals surface area contributed by atoms with E-state index in [9.17, 15) is 14.0 Å². The number of aromatic nitrogens is 4. The summed E-state index contributed by atoms with van der Waals surface area (Å²) in [7, 11) is 3.07. The minimum atomic E-state index is -0.605. The predicted octanol–water partition coefficient (Wildman–Crippen LogP) is 3.93. The van der Waals surface area contributed by atoms with Crippen molar-refractivity contribution in [1.82, 2.24) is 24.9 Å². The van der Waals surface area contributed by atoms with Crippen molar-refractivity contribution >= 4 is 17.5 Å². The van der Waals surface area contributed by atoms with Crippen molar-refractivity contribution in [3.63, 3.8) is 0 Å². The van der Waals surface area contributed by atoms with Crippen LogP contribution in [0.2, 0.25) is 5.02 Å². The van der Waals surface area contributed by atoms with Crippen molar-refractivity contribution in [3.8, 4) is 22.7 Å². The molecule has 0 radical (unpaired) electrons. The lowest BCUT2D eigenvalue weighted by atomic mass is 10.1. The first-order chi connectivity index (χ1) is 16.3. The van der Waals surface area contributed by atoms with Crippen LogP contribution in [0.15, 0.2) is 65.7 Å². The number of rotatable bonds is 6. The van der Waals surface area contributed by atoms with Gasteiger partial charge in [-0.3, -0.25) is 14.3 Å². The molecule has 0 fully saturated rings. The summed E-state index contributed by atoms with van der Waals surface area (Å²) < 4.78 is 21.5. The molecule has 0 saturated heterocycles. The summed E-state index contributed by atoms with van der Waals surface area (Å²) in [4.78, 5) is 26.4. The van der Waals surface area contributed by atoms with Crippen LogP contribution in [0.25, 0.3) is 16.9 Å². The van der Waals surface area contributed by atoms with Gasteiger partial charge in [0.1, 0.15) is 11.3 Å². The quantitative estimate of drug-likeness (QED) is 0.450. The van der Waals surface area contributed by atoms with Gasteiger partial charge in [0.2, 0.25) is 0 Å². The monoisotopic (exact) mass is 481 g/mol. The average molecular weight is 482 g/mol. The molecule has 2 aromatic carbocycles. The molecule has 1 atom stereocenters. The molecule has 2 aromatic heterocycles. The smallest absolute Gasteiger partial charge is 0.284 e. The number of amides is 1. The summed E-state index contributed by atoms with van der Waals surface area (Å²) in [5.74, 6) is -1.05. The molecular weight excluding hydrogens is 461 g/mol. The lowest BCUT2D eigenvalue weighted by Crippen LogP contribution is -2.35. The number of hydrogen-bond donors (Lipinski definition) is 1. The van der Waals surface area contributed by atoms with Gasteiger partial charge in [-0.2, -0.15) is 14.9 Å². The van der Waals surface area contributed by atoms with E-state index < -0.39 is 23.3 Å². The fourth-order valence-corrected chi connectivity index (χ4v) is 3.54. The number of benzene rings is 2. The van der Waals surface area contributed by atoms with Crippen LogP contribution in [-0.2, 0) is 7.05 Å². The van der Waals surface area contributed by atoms with Gasteiger partial charge in [-0.15, -0.1) is 0 Å². The summed E-state index contributed by atoms with van der Waals surface area (Å²) in [6, 6.07) is 12.1. The Kier molecular flexibility index (Phi) is 6.47. The Morgan fingerprint density at radius 3 is 2.56 bits per heavy atom. The topological polar surface area (TPSA) is 91.0 Å². The van der Waals surface area contributed by atoms with Crippen molar-refractivity contribution in [2.75, 3.05) is 7.11 Å². The van der Waals surface area contributed by atoms with Gasteiger partial charge < -0.3 is 10.1 Å². The molecule has 4 aromatic rings. The van der Waals surface area contributed by atoms with Crippen LogP contribution in [0, 0.1) is 5.82 Å². The van der Waals surface area contributed by atoms with Crippen LogP contribution in [0.4, 0.5) is 4.39 Å². The van der Waals surface area contributed by atoms with E-state index in [0.29, 0.717) is 27.5 Å². The number of hydrogen-bond acceptors (Lipinski definition) is 5. The first kappa shape index (κ1) is 23.2. The second kappa shape index (κ2) is 9.48. The number of carbonyl (C=O) groups is 1. The molecule has 0 bridgehead atoms. The van der Waals surface area contributed by atoms with Crippen LogP contribution in [0.3, 0.4) is 0 Å². The number of nitrogens with one attached hydrogen (secondary N) is 1. The van der Waals surface area contributed by atoms with Crippen molar-refractivity contribution in [3.05, 3.63) is 93.2 Å². The van der Waals surface area contributed by atoms with E-state index in [1.165, 1.54) is 36.2 Å². The van der Waals surface area contributed by atoms with E-state index in [-0.39, 0.29) is 11.3 Å². The minimum Gasteiger partial charge on any atom is -0.494 e. The summed E-state index contributed by atoms with van der Waals surface area (Å²) >= 11 is 6.00. The van der Waals surface area contributed by atoms with Crippen LogP contribution < -0.4 is 15.6 Å². The van der Waals surface area contributed by atoms with E-state index in [1.54, 1.807) is 50.5 Å². The fourth-order valence-electron chi connectivity index (χ4n) is 3.42. The molecule has 1 amide bonds. The van der Waals surface area contributed by atoms with Crippen LogP contribution in [0.5, 0.6) is 5.75 Å². The van der Waals surface area contributed by atoms with Crippen LogP contribution in [0.1, 0.15) is 28.9 Å². The highest BCUT2D eigenvalue weighted by atomic mass is 35.5. The van der Waals surface area contributed by atoms with Crippen molar-refractivity contribution < 1.29 is 13.9 Å². The van der Waals surface area contributed by atoms with Crippen LogP contribution >= 0.6 is 11.6 Å². The zero-order valence-electron chi connectivity index (χ0n) is 18.6. The van der Waals surface area contributed by atoms with Crippen molar-refractivity contribution in [2.45, 2.75) is 13.0 Å². The standard InChI is InChI=1S/C24H21ClFN5O3/c1-14(16-6-9-20(26)22(10-16)34-3)28-23(32)19-11-21(15-4-7-17(25)8-5-15)29-31(24(19)33)18-12-27-30(2)13-18/h4-14H,1-3H3,(H,28,32)/t14-/m0/s1. The minimum absolute atomic E-state index is 0.0615. The molecule has 1 N–H and O–H groups in total. The molecule has 2 heterocycles. The molecule has 0 unspecified atom stereocenters. The summed E-state index contributed by atoms with van der Waals surface area (Å²) in [6.45, 7) is 1.73. The van der Waals surface area contributed by atoms with Gasteiger partial charge in [0.05, 0.1) is 31.2 Å². The molecular formula is C24H21ClFN5O3. The summed E-state index contributed by atoms with van der Waals surface area (Å²) in [5.41, 5.74) is 1.39.